The molecule has 3 heteroatoms. The molecule has 2 nitrogen and oxygen atoms in total. The zero-order valence-electron chi connectivity index (χ0n) is 9.21. The molecule has 0 aromatic heterocycles. The summed E-state index contributed by atoms with van der Waals surface area (Å²) in [4.78, 5) is 0. The maximum atomic E-state index is 5.87. The van der Waals surface area contributed by atoms with Crippen molar-refractivity contribution in [3.8, 4) is 5.75 Å². The zero-order valence-corrected chi connectivity index (χ0v) is 9.96. The highest BCUT2D eigenvalue weighted by atomic mass is 35.5. The van der Waals surface area contributed by atoms with Gasteiger partial charge in [0.25, 0.3) is 0 Å². The highest BCUT2D eigenvalue weighted by Crippen LogP contribution is 2.18. The molecule has 0 amide bonds. The quantitative estimate of drug-likeness (QED) is 0.813. The van der Waals surface area contributed by atoms with Crippen molar-refractivity contribution in [3.05, 3.63) is 40.9 Å². The van der Waals surface area contributed by atoms with Gasteiger partial charge in [0, 0.05) is 18.0 Å². The normalized spacial score (nSPS) is 15.7. The van der Waals surface area contributed by atoms with Crippen molar-refractivity contribution in [1.82, 2.24) is 5.32 Å². The lowest BCUT2D eigenvalue weighted by Gasteiger charge is -2.14. The van der Waals surface area contributed by atoms with Crippen molar-refractivity contribution >= 4 is 11.6 Å². The van der Waals surface area contributed by atoms with Crippen LogP contribution in [0.1, 0.15) is 12.8 Å². The molecule has 0 unspecified atom stereocenters. The van der Waals surface area contributed by atoms with E-state index >= 15 is 0 Å². The van der Waals surface area contributed by atoms with E-state index in [4.69, 9.17) is 16.3 Å². The van der Waals surface area contributed by atoms with Crippen LogP contribution in [0.5, 0.6) is 5.75 Å². The van der Waals surface area contributed by atoms with E-state index in [-0.39, 0.29) is 0 Å². The summed E-state index contributed by atoms with van der Waals surface area (Å²) in [5, 5.41) is 4.02. The third-order valence-electron chi connectivity index (χ3n) is 2.65. The molecule has 86 valence electrons. The Labute approximate surface area is 101 Å². The van der Waals surface area contributed by atoms with E-state index in [0.29, 0.717) is 0 Å². The summed E-state index contributed by atoms with van der Waals surface area (Å²) in [6.45, 7) is 2.81. The highest BCUT2D eigenvalue weighted by Gasteiger charge is 2.03. The van der Waals surface area contributed by atoms with Gasteiger partial charge in [0.2, 0.25) is 0 Å². The van der Waals surface area contributed by atoms with Crippen molar-refractivity contribution in [2.75, 3.05) is 19.7 Å². The number of nitrogens with one attached hydrogen (secondary N) is 1. The number of benzene rings is 1. The fourth-order valence-electron chi connectivity index (χ4n) is 1.75. The van der Waals surface area contributed by atoms with Gasteiger partial charge < -0.3 is 10.1 Å². The largest absolute Gasteiger partial charge is 0.493 e. The van der Waals surface area contributed by atoms with Crippen LogP contribution in [0.25, 0.3) is 0 Å². The first-order chi connectivity index (χ1) is 7.84. The number of hydrogen-bond acceptors (Lipinski definition) is 2. The van der Waals surface area contributed by atoms with Crippen LogP contribution in [0.3, 0.4) is 0 Å². The SMILES string of the molecule is Clc1cccc(OCCC2=CCNCC2)c1. The van der Waals surface area contributed by atoms with Gasteiger partial charge in [0.1, 0.15) is 5.75 Å². The second-order valence-corrected chi connectivity index (χ2v) is 4.31. The highest BCUT2D eigenvalue weighted by molar-refractivity contribution is 6.30. The molecule has 0 aliphatic carbocycles. The lowest BCUT2D eigenvalue weighted by atomic mass is 10.1. The smallest absolute Gasteiger partial charge is 0.120 e. The van der Waals surface area contributed by atoms with Gasteiger partial charge in [-0.1, -0.05) is 29.3 Å². The van der Waals surface area contributed by atoms with Crippen LogP contribution in [0.2, 0.25) is 5.02 Å². The standard InChI is InChI=1S/C13H16ClNO/c14-12-2-1-3-13(10-12)16-9-6-11-4-7-15-8-5-11/h1-4,10,15H,5-9H2. The molecule has 0 bridgehead atoms. The molecule has 1 aromatic carbocycles. The predicted octanol–water partition coefficient (Wildman–Crippen LogP) is 3.03. The van der Waals surface area contributed by atoms with Crippen molar-refractivity contribution in [2.45, 2.75) is 12.8 Å². The van der Waals surface area contributed by atoms with E-state index < -0.39 is 0 Å². The Hall–Kier alpha value is -0.990. The number of rotatable bonds is 4. The minimum atomic E-state index is 0.721. The van der Waals surface area contributed by atoms with Crippen LogP contribution in [0.4, 0.5) is 0 Å². The van der Waals surface area contributed by atoms with Crippen molar-refractivity contribution in [3.63, 3.8) is 0 Å². The van der Waals surface area contributed by atoms with Gasteiger partial charge in [-0.15, -0.1) is 0 Å². The summed E-state index contributed by atoms with van der Waals surface area (Å²) >= 11 is 5.87. The molecule has 0 fully saturated rings. The van der Waals surface area contributed by atoms with E-state index in [0.717, 1.165) is 43.3 Å². The van der Waals surface area contributed by atoms with E-state index in [9.17, 15) is 0 Å². The first-order valence-electron chi connectivity index (χ1n) is 5.61. The zero-order chi connectivity index (χ0) is 11.2. The van der Waals surface area contributed by atoms with Crippen molar-refractivity contribution in [1.29, 1.82) is 0 Å². The molecule has 0 atom stereocenters. The second-order valence-electron chi connectivity index (χ2n) is 3.87. The van der Waals surface area contributed by atoms with E-state index in [2.05, 4.69) is 11.4 Å². The molecule has 1 aliphatic rings. The average Bonchev–Trinajstić information content (AvgIpc) is 2.30. The molecule has 16 heavy (non-hydrogen) atoms. The first kappa shape index (κ1) is 11.5. The minimum Gasteiger partial charge on any atom is -0.493 e. The van der Waals surface area contributed by atoms with E-state index in [1.807, 2.05) is 24.3 Å². The summed E-state index contributed by atoms with van der Waals surface area (Å²) in [5.41, 5.74) is 1.49. The fourth-order valence-corrected chi connectivity index (χ4v) is 1.93. The lowest BCUT2D eigenvalue weighted by Crippen LogP contribution is -2.21. The second kappa shape index (κ2) is 5.92. The van der Waals surface area contributed by atoms with Crippen molar-refractivity contribution in [2.24, 2.45) is 0 Å². The Morgan fingerprint density at radius 2 is 2.31 bits per heavy atom. The van der Waals surface area contributed by atoms with Crippen LogP contribution < -0.4 is 10.1 Å². The van der Waals surface area contributed by atoms with Gasteiger partial charge >= 0.3 is 0 Å². The van der Waals surface area contributed by atoms with Crippen molar-refractivity contribution < 1.29 is 4.74 Å². The summed E-state index contributed by atoms with van der Waals surface area (Å²) in [7, 11) is 0. The predicted molar refractivity (Wildman–Crippen MR) is 67.1 cm³/mol. The Kier molecular flexibility index (Phi) is 4.25. The Bertz CT molecular complexity index is 376. The minimum absolute atomic E-state index is 0.721. The van der Waals surface area contributed by atoms with Crippen LogP contribution in [-0.4, -0.2) is 19.7 Å². The fraction of sp³-hybridized carbons (Fsp3) is 0.385. The maximum Gasteiger partial charge on any atom is 0.120 e. The Balaban J connectivity index is 1.77. The summed E-state index contributed by atoms with van der Waals surface area (Å²) in [6, 6.07) is 7.53. The summed E-state index contributed by atoms with van der Waals surface area (Å²) < 4.78 is 5.64. The number of ether oxygens (including phenoxy) is 1. The third kappa shape index (κ3) is 3.54. The van der Waals surface area contributed by atoms with Gasteiger partial charge in [-0.2, -0.15) is 0 Å². The van der Waals surface area contributed by atoms with Gasteiger partial charge in [-0.3, -0.25) is 0 Å². The van der Waals surface area contributed by atoms with E-state index in [1.165, 1.54) is 5.57 Å². The summed E-state index contributed by atoms with van der Waals surface area (Å²) in [5.74, 6) is 0.849. The Morgan fingerprint density at radius 3 is 3.06 bits per heavy atom. The summed E-state index contributed by atoms with van der Waals surface area (Å²) in [6.07, 6.45) is 4.40. The topological polar surface area (TPSA) is 21.3 Å². The van der Waals surface area contributed by atoms with Crippen LogP contribution in [0, 0.1) is 0 Å². The molecule has 0 spiro atoms. The first-order valence-corrected chi connectivity index (χ1v) is 5.99. The van der Waals surface area contributed by atoms with Gasteiger partial charge in [0.05, 0.1) is 6.61 Å². The van der Waals surface area contributed by atoms with Gasteiger partial charge in [-0.25, -0.2) is 0 Å². The molecule has 1 aliphatic heterocycles. The molecule has 1 heterocycles. The molecular weight excluding hydrogens is 222 g/mol. The molecule has 1 aromatic rings. The molecule has 0 saturated carbocycles. The lowest BCUT2D eigenvalue weighted by molar-refractivity contribution is 0.319. The van der Waals surface area contributed by atoms with Crippen LogP contribution in [0.15, 0.2) is 35.9 Å². The maximum absolute atomic E-state index is 5.87. The number of halogens is 1. The molecular formula is C13H16ClNO. The molecule has 2 rings (SSSR count). The third-order valence-corrected chi connectivity index (χ3v) is 2.88. The Morgan fingerprint density at radius 1 is 1.38 bits per heavy atom. The molecule has 0 radical (unpaired) electrons. The number of hydrogen-bond donors (Lipinski definition) is 1. The van der Waals surface area contributed by atoms with E-state index in [1.54, 1.807) is 0 Å². The average molecular weight is 238 g/mol. The molecule has 1 N–H and O–H groups in total. The monoisotopic (exact) mass is 237 g/mol. The van der Waals surface area contributed by atoms with Crippen LogP contribution >= 0.6 is 11.6 Å². The van der Waals surface area contributed by atoms with Crippen LogP contribution in [-0.2, 0) is 0 Å². The van der Waals surface area contributed by atoms with Gasteiger partial charge in [-0.05, 0) is 31.2 Å². The molecule has 0 saturated heterocycles. The van der Waals surface area contributed by atoms with Gasteiger partial charge in [0.15, 0.2) is 0 Å².